The first kappa shape index (κ1) is 16.1. The monoisotopic (exact) mass is 319 g/mol. The lowest BCUT2D eigenvalue weighted by atomic mass is 9.93. The molecule has 5 nitrogen and oxygen atoms in total. The van der Waals surface area contributed by atoms with Crippen LogP contribution in [-0.4, -0.2) is 51.9 Å². The third kappa shape index (κ3) is 3.77. The average molecular weight is 319 g/mol. The first-order valence-electron chi connectivity index (χ1n) is 7.81. The van der Waals surface area contributed by atoms with Gasteiger partial charge >= 0.3 is 0 Å². The van der Waals surface area contributed by atoms with Gasteiger partial charge < -0.3 is 14.8 Å². The Bertz CT molecular complexity index is 644. The second-order valence-corrected chi connectivity index (χ2v) is 6.18. The maximum atomic E-state index is 13.1. The van der Waals surface area contributed by atoms with Crippen molar-refractivity contribution >= 4 is 0 Å². The summed E-state index contributed by atoms with van der Waals surface area (Å²) in [6.07, 6.45) is 2.25. The second-order valence-electron chi connectivity index (χ2n) is 6.18. The van der Waals surface area contributed by atoms with Crippen molar-refractivity contribution < 1.29 is 14.2 Å². The number of morpholine rings is 1. The number of hydrogen-bond donors (Lipinski definition) is 2. The second kappa shape index (κ2) is 6.78. The van der Waals surface area contributed by atoms with E-state index in [2.05, 4.69) is 14.9 Å². The molecule has 1 atom stereocenters. The standard InChI is InChI=1S/C17H22FN3O2/c1-13-16(20-12-19-13)9-21-6-7-23-17(10-21,11-22)8-14-2-4-15(18)5-3-14/h2-5,12,22H,6-11H2,1H3,(H,19,20)/t17-/m1/s1. The van der Waals surface area contributed by atoms with Crippen LogP contribution in [0.1, 0.15) is 17.0 Å². The van der Waals surface area contributed by atoms with Crippen LogP contribution >= 0.6 is 0 Å². The lowest BCUT2D eigenvalue weighted by Crippen LogP contribution is -2.55. The first-order valence-corrected chi connectivity index (χ1v) is 7.81. The van der Waals surface area contributed by atoms with E-state index in [0.717, 1.165) is 30.0 Å². The summed E-state index contributed by atoms with van der Waals surface area (Å²) in [7, 11) is 0. The van der Waals surface area contributed by atoms with Crippen molar-refractivity contribution in [1.29, 1.82) is 0 Å². The molecule has 1 aromatic heterocycles. The van der Waals surface area contributed by atoms with E-state index in [1.54, 1.807) is 18.5 Å². The van der Waals surface area contributed by atoms with Crippen molar-refractivity contribution in [3.63, 3.8) is 0 Å². The minimum Gasteiger partial charge on any atom is -0.393 e. The molecule has 1 aromatic carbocycles. The lowest BCUT2D eigenvalue weighted by Gasteiger charge is -2.41. The Morgan fingerprint density at radius 1 is 1.39 bits per heavy atom. The predicted octanol–water partition coefficient (Wildman–Crippen LogP) is 1.66. The molecule has 1 fully saturated rings. The molecule has 0 amide bonds. The van der Waals surface area contributed by atoms with Crippen LogP contribution in [0.2, 0.25) is 0 Å². The van der Waals surface area contributed by atoms with Gasteiger partial charge in [-0.3, -0.25) is 4.90 Å². The largest absolute Gasteiger partial charge is 0.393 e. The molecule has 0 saturated carbocycles. The highest BCUT2D eigenvalue weighted by atomic mass is 19.1. The van der Waals surface area contributed by atoms with Crippen LogP contribution in [0.5, 0.6) is 0 Å². The fourth-order valence-corrected chi connectivity index (χ4v) is 3.05. The predicted molar refractivity (Wildman–Crippen MR) is 84.5 cm³/mol. The summed E-state index contributed by atoms with van der Waals surface area (Å²) in [5.74, 6) is -0.257. The van der Waals surface area contributed by atoms with Crippen molar-refractivity contribution in [3.05, 3.63) is 53.4 Å². The van der Waals surface area contributed by atoms with Crippen LogP contribution in [0.15, 0.2) is 30.6 Å². The van der Waals surface area contributed by atoms with E-state index in [4.69, 9.17) is 4.74 Å². The Hall–Kier alpha value is -1.76. The Morgan fingerprint density at radius 2 is 2.17 bits per heavy atom. The summed E-state index contributed by atoms with van der Waals surface area (Å²) in [5.41, 5.74) is 2.38. The fraction of sp³-hybridized carbons (Fsp3) is 0.471. The number of nitrogens with one attached hydrogen (secondary N) is 1. The van der Waals surface area contributed by atoms with Gasteiger partial charge in [0.1, 0.15) is 11.4 Å². The third-order valence-corrected chi connectivity index (χ3v) is 4.36. The van der Waals surface area contributed by atoms with E-state index in [1.807, 2.05) is 6.92 Å². The van der Waals surface area contributed by atoms with Crippen LogP contribution < -0.4 is 0 Å². The molecule has 3 rings (SSSR count). The van der Waals surface area contributed by atoms with Crippen molar-refractivity contribution in [2.24, 2.45) is 0 Å². The molecule has 0 radical (unpaired) electrons. The summed E-state index contributed by atoms with van der Waals surface area (Å²) >= 11 is 0. The molecule has 1 aliphatic rings. The number of aromatic amines is 1. The number of aliphatic hydroxyl groups is 1. The number of ether oxygens (including phenoxy) is 1. The molecule has 0 unspecified atom stereocenters. The fourth-order valence-electron chi connectivity index (χ4n) is 3.05. The van der Waals surface area contributed by atoms with Crippen LogP contribution in [-0.2, 0) is 17.7 Å². The summed E-state index contributed by atoms with van der Waals surface area (Å²) in [6.45, 7) is 4.64. The first-order chi connectivity index (χ1) is 11.1. The minimum absolute atomic E-state index is 0.0690. The number of hydrogen-bond acceptors (Lipinski definition) is 4. The molecular formula is C17H22FN3O2. The van der Waals surface area contributed by atoms with Gasteiger partial charge in [-0.2, -0.15) is 0 Å². The molecule has 2 N–H and O–H groups in total. The Morgan fingerprint density at radius 3 is 2.83 bits per heavy atom. The van der Waals surface area contributed by atoms with Crippen molar-refractivity contribution in [2.75, 3.05) is 26.3 Å². The Labute approximate surface area is 135 Å². The normalized spacial score (nSPS) is 22.4. The highest BCUT2D eigenvalue weighted by Gasteiger charge is 2.36. The van der Waals surface area contributed by atoms with Crippen LogP contribution in [0.25, 0.3) is 0 Å². The zero-order chi connectivity index (χ0) is 16.3. The number of rotatable bonds is 5. The smallest absolute Gasteiger partial charge is 0.123 e. The highest BCUT2D eigenvalue weighted by molar-refractivity contribution is 5.19. The Balaban J connectivity index is 1.70. The van der Waals surface area contributed by atoms with E-state index >= 15 is 0 Å². The number of nitrogens with zero attached hydrogens (tertiary/aromatic N) is 2. The molecule has 6 heteroatoms. The summed E-state index contributed by atoms with van der Waals surface area (Å²) in [5, 5.41) is 9.91. The minimum atomic E-state index is -0.652. The summed E-state index contributed by atoms with van der Waals surface area (Å²) in [4.78, 5) is 9.66. The van der Waals surface area contributed by atoms with E-state index in [0.29, 0.717) is 19.6 Å². The Kier molecular flexibility index (Phi) is 4.75. The number of benzene rings is 1. The van der Waals surface area contributed by atoms with Crippen molar-refractivity contribution in [1.82, 2.24) is 14.9 Å². The molecule has 0 aliphatic carbocycles. The van der Waals surface area contributed by atoms with Gasteiger partial charge in [0.05, 0.1) is 25.2 Å². The maximum Gasteiger partial charge on any atom is 0.123 e. The van der Waals surface area contributed by atoms with E-state index in [-0.39, 0.29) is 12.4 Å². The van der Waals surface area contributed by atoms with Crippen molar-refractivity contribution in [2.45, 2.75) is 25.5 Å². The number of aliphatic hydroxyl groups excluding tert-OH is 1. The molecule has 0 bridgehead atoms. The number of imidazole rings is 1. The van der Waals surface area contributed by atoms with E-state index in [9.17, 15) is 9.50 Å². The topological polar surface area (TPSA) is 61.4 Å². The van der Waals surface area contributed by atoms with Gasteiger partial charge in [0.15, 0.2) is 0 Å². The summed E-state index contributed by atoms with van der Waals surface area (Å²) < 4.78 is 19.0. The number of H-pyrrole nitrogens is 1. The molecule has 2 heterocycles. The van der Waals surface area contributed by atoms with Crippen LogP contribution in [0.4, 0.5) is 4.39 Å². The van der Waals surface area contributed by atoms with E-state index in [1.165, 1.54) is 12.1 Å². The quantitative estimate of drug-likeness (QED) is 0.880. The number of halogens is 1. The van der Waals surface area contributed by atoms with E-state index < -0.39 is 5.60 Å². The lowest BCUT2D eigenvalue weighted by molar-refractivity contribution is -0.134. The van der Waals surface area contributed by atoms with Gasteiger partial charge in [0, 0.05) is 31.7 Å². The zero-order valence-electron chi connectivity index (χ0n) is 13.3. The van der Waals surface area contributed by atoms with Gasteiger partial charge in [-0.25, -0.2) is 9.37 Å². The highest BCUT2D eigenvalue weighted by Crippen LogP contribution is 2.24. The molecule has 1 saturated heterocycles. The van der Waals surface area contributed by atoms with Gasteiger partial charge in [0.2, 0.25) is 0 Å². The van der Waals surface area contributed by atoms with Gasteiger partial charge in [-0.15, -0.1) is 0 Å². The maximum absolute atomic E-state index is 13.1. The molecule has 124 valence electrons. The SMILES string of the molecule is Cc1[nH]cnc1CN1CCO[C@](CO)(Cc2ccc(F)cc2)C1. The molecule has 2 aromatic rings. The van der Waals surface area contributed by atoms with Crippen LogP contribution in [0, 0.1) is 12.7 Å². The molecule has 23 heavy (non-hydrogen) atoms. The summed E-state index contributed by atoms with van der Waals surface area (Å²) in [6, 6.07) is 6.36. The molecule has 0 spiro atoms. The number of aryl methyl sites for hydroxylation is 1. The van der Waals surface area contributed by atoms with Gasteiger partial charge in [-0.1, -0.05) is 12.1 Å². The van der Waals surface area contributed by atoms with Crippen LogP contribution in [0.3, 0.4) is 0 Å². The third-order valence-electron chi connectivity index (χ3n) is 4.36. The zero-order valence-corrected chi connectivity index (χ0v) is 13.3. The van der Waals surface area contributed by atoms with Gasteiger partial charge in [-0.05, 0) is 24.6 Å². The number of aromatic nitrogens is 2. The molecule has 1 aliphatic heterocycles. The van der Waals surface area contributed by atoms with Gasteiger partial charge in [0.25, 0.3) is 0 Å². The average Bonchev–Trinajstić information content (AvgIpc) is 2.95. The molecular weight excluding hydrogens is 297 g/mol. The van der Waals surface area contributed by atoms with Crippen molar-refractivity contribution in [3.8, 4) is 0 Å².